The molecule has 0 bridgehead atoms. The summed E-state index contributed by atoms with van der Waals surface area (Å²) >= 11 is 12.7. The zero-order valence-corrected chi connectivity index (χ0v) is 16.1. The highest BCUT2D eigenvalue weighted by Crippen LogP contribution is 2.52. The van der Waals surface area contributed by atoms with Crippen molar-refractivity contribution >= 4 is 23.2 Å². The predicted octanol–water partition coefficient (Wildman–Crippen LogP) is 0.201. The standard InChI is InChI=1S/C18H24Cl2O7/c19-11-4-2-1-3-10(11)7-18(25,17(20)5-6-17)9-26-16-15(24)14(23)13(22)12(8-21)27-16/h1-4,12-16,21-25H,5-9H2/t12-,13-,14+,15-,16-,18?/m1/s1. The third kappa shape index (κ3) is 4.27. The highest BCUT2D eigenvalue weighted by atomic mass is 35.5. The van der Waals surface area contributed by atoms with Crippen LogP contribution in [0.15, 0.2) is 24.3 Å². The maximum absolute atomic E-state index is 11.2. The first-order valence-electron chi connectivity index (χ1n) is 8.77. The van der Waals surface area contributed by atoms with E-state index in [4.69, 9.17) is 32.7 Å². The van der Waals surface area contributed by atoms with Crippen LogP contribution in [0.2, 0.25) is 5.02 Å². The molecule has 0 amide bonds. The van der Waals surface area contributed by atoms with Crippen molar-refractivity contribution in [3.8, 4) is 0 Å². The van der Waals surface area contributed by atoms with Crippen LogP contribution in [0.1, 0.15) is 18.4 Å². The predicted molar refractivity (Wildman–Crippen MR) is 97.6 cm³/mol. The summed E-state index contributed by atoms with van der Waals surface area (Å²) in [4.78, 5) is -0.889. The van der Waals surface area contributed by atoms with E-state index in [1.165, 1.54) is 0 Å². The first-order chi connectivity index (χ1) is 12.7. The van der Waals surface area contributed by atoms with Gasteiger partial charge in [-0.25, -0.2) is 0 Å². The van der Waals surface area contributed by atoms with Crippen LogP contribution in [0.5, 0.6) is 0 Å². The van der Waals surface area contributed by atoms with Crippen molar-refractivity contribution in [3.05, 3.63) is 34.9 Å². The molecule has 1 aromatic rings. The van der Waals surface area contributed by atoms with E-state index in [1.807, 2.05) is 0 Å². The van der Waals surface area contributed by atoms with E-state index in [1.54, 1.807) is 24.3 Å². The molecule has 2 fully saturated rings. The molecule has 1 aliphatic heterocycles. The molecule has 152 valence electrons. The molecule has 9 heteroatoms. The molecule has 27 heavy (non-hydrogen) atoms. The van der Waals surface area contributed by atoms with Crippen molar-refractivity contribution < 1.29 is 35.0 Å². The van der Waals surface area contributed by atoms with Gasteiger partial charge in [0.25, 0.3) is 0 Å². The lowest BCUT2D eigenvalue weighted by atomic mass is 9.89. The fourth-order valence-corrected chi connectivity index (χ4v) is 3.71. The summed E-state index contributed by atoms with van der Waals surface area (Å²) < 4.78 is 10.9. The van der Waals surface area contributed by atoms with E-state index in [0.717, 1.165) is 0 Å². The average Bonchev–Trinajstić information content (AvgIpc) is 3.40. The molecular weight excluding hydrogens is 399 g/mol. The first-order valence-corrected chi connectivity index (χ1v) is 9.53. The first kappa shape index (κ1) is 21.2. The number of halogens is 2. The van der Waals surface area contributed by atoms with Gasteiger partial charge in [-0.2, -0.15) is 0 Å². The fraction of sp³-hybridized carbons (Fsp3) is 0.667. The Balaban J connectivity index is 1.73. The molecule has 1 heterocycles. The van der Waals surface area contributed by atoms with Gasteiger partial charge in [0.05, 0.1) is 18.1 Å². The molecule has 2 aliphatic rings. The van der Waals surface area contributed by atoms with E-state index in [0.29, 0.717) is 23.4 Å². The zero-order chi connectivity index (χ0) is 19.8. The van der Waals surface area contributed by atoms with Crippen LogP contribution < -0.4 is 0 Å². The number of aliphatic hydroxyl groups excluding tert-OH is 4. The van der Waals surface area contributed by atoms with Crippen molar-refractivity contribution in [2.24, 2.45) is 0 Å². The van der Waals surface area contributed by atoms with E-state index in [-0.39, 0.29) is 13.0 Å². The maximum Gasteiger partial charge on any atom is 0.186 e. The molecule has 0 aromatic heterocycles. The molecule has 1 aromatic carbocycles. The van der Waals surface area contributed by atoms with Gasteiger partial charge in [-0.05, 0) is 24.5 Å². The largest absolute Gasteiger partial charge is 0.394 e. The molecule has 0 radical (unpaired) electrons. The number of rotatable bonds is 7. The summed E-state index contributed by atoms with van der Waals surface area (Å²) in [7, 11) is 0. The Kier molecular flexibility index (Phi) is 6.37. The lowest BCUT2D eigenvalue weighted by Gasteiger charge is -2.41. The number of benzene rings is 1. The molecular formula is C18H24Cl2O7. The lowest BCUT2D eigenvalue weighted by molar-refractivity contribution is -0.309. The van der Waals surface area contributed by atoms with Crippen molar-refractivity contribution in [3.63, 3.8) is 0 Å². The summed E-state index contributed by atoms with van der Waals surface area (Å²) in [5.74, 6) is 0. The quantitative estimate of drug-likeness (QED) is 0.398. The smallest absolute Gasteiger partial charge is 0.186 e. The van der Waals surface area contributed by atoms with Gasteiger partial charge in [0.2, 0.25) is 0 Å². The SMILES string of the molecule is OC[C@H]1O[C@@H](OCC(O)(Cc2ccccc2Cl)C2(Cl)CC2)[C@H](O)[C@@H](O)[C@@H]1O. The summed E-state index contributed by atoms with van der Waals surface area (Å²) in [6.07, 6.45) is -5.68. The van der Waals surface area contributed by atoms with Crippen LogP contribution in [0, 0.1) is 0 Å². The molecule has 3 rings (SSSR count). The minimum absolute atomic E-state index is 0.133. The lowest BCUT2D eigenvalue weighted by Crippen LogP contribution is -2.60. The Morgan fingerprint density at radius 2 is 1.81 bits per heavy atom. The van der Waals surface area contributed by atoms with Crippen LogP contribution in [-0.4, -0.2) is 79.9 Å². The molecule has 7 nitrogen and oxygen atoms in total. The Hall–Kier alpha value is -0.480. The van der Waals surface area contributed by atoms with Crippen molar-refractivity contribution in [2.75, 3.05) is 13.2 Å². The summed E-state index contributed by atoms with van der Waals surface area (Å²) in [6, 6.07) is 7.07. The Bertz CT molecular complexity index is 654. The minimum Gasteiger partial charge on any atom is -0.394 e. The third-order valence-corrected chi connectivity index (χ3v) is 6.40. The van der Waals surface area contributed by atoms with E-state index in [2.05, 4.69) is 0 Å². The van der Waals surface area contributed by atoms with Crippen LogP contribution in [0.3, 0.4) is 0 Å². The van der Waals surface area contributed by atoms with Gasteiger partial charge in [-0.15, -0.1) is 11.6 Å². The monoisotopic (exact) mass is 422 g/mol. The van der Waals surface area contributed by atoms with Gasteiger partial charge in [-0.3, -0.25) is 0 Å². The van der Waals surface area contributed by atoms with Gasteiger partial charge in [0.1, 0.15) is 30.0 Å². The number of aliphatic hydroxyl groups is 5. The van der Waals surface area contributed by atoms with Gasteiger partial charge < -0.3 is 35.0 Å². The molecule has 0 spiro atoms. The van der Waals surface area contributed by atoms with Crippen molar-refractivity contribution in [1.82, 2.24) is 0 Å². The van der Waals surface area contributed by atoms with E-state index >= 15 is 0 Å². The number of hydrogen-bond donors (Lipinski definition) is 5. The maximum atomic E-state index is 11.2. The van der Waals surface area contributed by atoms with Crippen LogP contribution in [-0.2, 0) is 15.9 Å². The second kappa shape index (κ2) is 8.10. The molecule has 5 N–H and O–H groups in total. The third-order valence-electron chi connectivity index (χ3n) is 5.30. The average molecular weight is 423 g/mol. The van der Waals surface area contributed by atoms with Crippen molar-refractivity contribution in [1.29, 1.82) is 0 Å². The van der Waals surface area contributed by atoms with Crippen LogP contribution >= 0.6 is 23.2 Å². The number of ether oxygens (including phenoxy) is 2. The number of alkyl halides is 1. The molecule has 1 saturated carbocycles. The molecule has 1 unspecified atom stereocenters. The minimum atomic E-state index is -1.55. The van der Waals surface area contributed by atoms with Crippen LogP contribution in [0.25, 0.3) is 0 Å². The number of hydrogen-bond acceptors (Lipinski definition) is 7. The summed E-state index contributed by atoms with van der Waals surface area (Å²) in [5, 5.41) is 50.8. The topological polar surface area (TPSA) is 120 Å². The van der Waals surface area contributed by atoms with Crippen LogP contribution in [0.4, 0.5) is 0 Å². The second-order valence-electron chi connectivity index (χ2n) is 7.27. The zero-order valence-electron chi connectivity index (χ0n) is 14.5. The summed E-state index contributed by atoms with van der Waals surface area (Å²) in [6.45, 7) is -0.849. The molecule has 1 aliphatic carbocycles. The van der Waals surface area contributed by atoms with Gasteiger partial charge in [-0.1, -0.05) is 29.8 Å². The second-order valence-corrected chi connectivity index (χ2v) is 8.40. The summed E-state index contributed by atoms with van der Waals surface area (Å²) in [5.41, 5.74) is -0.788. The van der Waals surface area contributed by atoms with Gasteiger partial charge >= 0.3 is 0 Å². The Labute approximate surface area is 167 Å². The van der Waals surface area contributed by atoms with E-state index < -0.39 is 47.8 Å². The Morgan fingerprint density at radius 1 is 1.15 bits per heavy atom. The highest BCUT2D eigenvalue weighted by Gasteiger charge is 2.58. The van der Waals surface area contributed by atoms with Gasteiger partial charge in [0.15, 0.2) is 6.29 Å². The fourth-order valence-electron chi connectivity index (χ4n) is 3.30. The van der Waals surface area contributed by atoms with Crippen molar-refractivity contribution in [2.45, 2.75) is 60.4 Å². The van der Waals surface area contributed by atoms with E-state index in [9.17, 15) is 25.5 Å². The highest BCUT2D eigenvalue weighted by molar-refractivity contribution is 6.31. The van der Waals surface area contributed by atoms with Gasteiger partial charge in [0, 0.05) is 11.4 Å². The molecule has 6 atom stereocenters. The normalized spacial score (nSPS) is 34.9. The molecule has 1 saturated heterocycles. The Morgan fingerprint density at radius 3 is 2.41 bits per heavy atom.